The van der Waals surface area contributed by atoms with Gasteiger partial charge in [-0.05, 0) is 18.6 Å². The second-order valence-electron chi connectivity index (χ2n) is 4.52. The number of hydrogen-bond acceptors (Lipinski definition) is 7. The van der Waals surface area contributed by atoms with Crippen molar-refractivity contribution < 1.29 is 9.66 Å². The molecule has 108 valence electrons. The molecule has 1 aliphatic rings. The van der Waals surface area contributed by atoms with Gasteiger partial charge >= 0.3 is 5.69 Å². The first-order valence-electron chi connectivity index (χ1n) is 6.43. The summed E-state index contributed by atoms with van der Waals surface area (Å²) in [6, 6.07) is 7.36. The highest BCUT2D eigenvalue weighted by Gasteiger charge is 2.26. The van der Waals surface area contributed by atoms with E-state index in [1.807, 2.05) is 24.3 Å². The Balaban J connectivity index is 2.16. The Morgan fingerprint density at radius 2 is 2.19 bits per heavy atom. The summed E-state index contributed by atoms with van der Waals surface area (Å²) in [4.78, 5) is 20.2. The van der Waals surface area contributed by atoms with Crippen molar-refractivity contribution >= 4 is 23.1 Å². The number of aromatic nitrogens is 2. The summed E-state index contributed by atoms with van der Waals surface area (Å²) in [5.74, 6) is 0.852. The van der Waals surface area contributed by atoms with Crippen molar-refractivity contribution in [1.82, 2.24) is 9.97 Å². The van der Waals surface area contributed by atoms with Crippen LogP contribution in [0, 0.1) is 10.1 Å². The van der Waals surface area contributed by atoms with Gasteiger partial charge in [0.05, 0.1) is 17.2 Å². The van der Waals surface area contributed by atoms with E-state index < -0.39 is 4.92 Å². The number of fused-ring (bicyclic) bond motifs is 1. The maximum atomic E-state index is 11.2. The van der Waals surface area contributed by atoms with E-state index in [9.17, 15) is 10.1 Å². The van der Waals surface area contributed by atoms with E-state index in [1.54, 1.807) is 4.90 Å². The summed E-state index contributed by atoms with van der Waals surface area (Å²) in [5, 5.41) is 11.2. The summed E-state index contributed by atoms with van der Waals surface area (Å²) in [7, 11) is 0. The summed E-state index contributed by atoms with van der Waals surface area (Å²) >= 11 is 0. The molecule has 0 atom stereocenters. The average molecular weight is 287 g/mol. The normalized spacial score (nSPS) is 14.0. The first-order valence-corrected chi connectivity index (χ1v) is 6.43. The molecule has 8 heteroatoms. The molecule has 0 radical (unpaired) electrons. The van der Waals surface area contributed by atoms with E-state index in [-0.39, 0.29) is 17.5 Å². The lowest BCUT2D eigenvalue weighted by Crippen LogP contribution is -2.21. The number of benzene rings is 1. The Kier molecular flexibility index (Phi) is 3.27. The lowest BCUT2D eigenvalue weighted by atomic mass is 10.2. The molecule has 1 aromatic heterocycles. The van der Waals surface area contributed by atoms with Crippen molar-refractivity contribution in [2.24, 2.45) is 0 Å². The Labute approximate surface area is 120 Å². The fourth-order valence-corrected chi connectivity index (χ4v) is 2.25. The number of anilines is 3. The molecule has 0 saturated carbocycles. The van der Waals surface area contributed by atoms with Crippen LogP contribution in [0.5, 0.6) is 5.75 Å². The van der Waals surface area contributed by atoms with Crippen molar-refractivity contribution in [3.8, 4) is 5.75 Å². The van der Waals surface area contributed by atoms with Gasteiger partial charge in [0.15, 0.2) is 0 Å². The molecule has 2 N–H and O–H groups in total. The Morgan fingerprint density at radius 3 is 3.00 bits per heavy atom. The highest BCUT2D eigenvalue weighted by Crippen LogP contribution is 2.38. The number of nitrogens with two attached hydrogens (primary N) is 1. The number of nitro groups is 1. The standard InChI is InChI=1S/C13H13N5O3/c14-13-15-8-10(18(19)20)12(16-13)17-6-3-7-21-11-5-2-1-4-9(11)17/h1-2,4-5,8H,3,6-7H2,(H2,14,15,16). The predicted molar refractivity (Wildman–Crippen MR) is 76.7 cm³/mol. The number of rotatable bonds is 2. The van der Waals surface area contributed by atoms with Crippen molar-refractivity contribution in [2.75, 3.05) is 23.8 Å². The molecule has 0 spiro atoms. The number of ether oxygens (including phenoxy) is 1. The van der Waals surface area contributed by atoms with Gasteiger partial charge in [0, 0.05) is 6.54 Å². The molecule has 2 heterocycles. The number of para-hydroxylation sites is 2. The second-order valence-corrected chi connectivity index (χ2v) is 4.52. The minimum Gasteiger partial charge on any atom is -0.491 e. The first kappa shape index (κ1) is 13.1. The quantitative estimate of drug-likeness (QED) is 0.663. The van der Waals surface area contributed by atoms with Crippen molar-refractivity contribution in [3.63, 3.8) is 0 Å². The van der Waals surface area contributed by atoms with Gasteiger partial charge in [-0.25, -0.2) is 4.98 Å². The van der Waals surface area contributed by atoms with E-state index in [4.69, 9.17) is 10.5 Å². The number of nitrogen functional groups attached to an aromatic ring is 1. The van der Waals surface area contributed by atoms with Gasteiger partial charge in [-0.1, -0.05) is 12.1 Å². The van der Waals surface area contributed by atoms with Crippen molar-refractivity contribution in [1.29, 1.82) is 0 Å². The zero-order valence-corrected chi connectivity index (χ0v) is 11.1. The van der Waals surface area contributed by atoms with Crippen molar-refractivity contribution in [2.45, 2.75) is 6.42 Å². The molecule has 0 amide bonds. The van der Waals surface area contributed by atoms with Crippen LogP contribution >= 0.6 is 0 Å². The van der Waals surface area contributed by atoms with E-state index >= 15 is 0 Å². The first-order chi connectivity index (χ1) is 10.2. The molecule has 3 rings (SSSR count). The van der Waals surface area contributed by atoms with E-state index in [1.165, 1.54) is 0 Å². The van der Waals surface area contributed by atoms with Gasteiger partial charge in [-0.15, -0.1) is 0 Å². The van der Waals surface area contributed by atoms with E-state index in [0.29, 0.717) is 18.9 Å². The monoisotopic (exact) mass is 287 g/mol. The zero-order chi connectivity index (χ0) is 14.8. The predicted octanol–water partition coefficient (Wildman–Crippen LogP) is 1.89. The van der Waals surface area contributed by atoms with Crippen LogP contribution in [0.25, 0.3) is 0 Å². The molecular formula is C13H13N5O3. The van der Waals surface area contributed by atoms with Gasteiger partial charge in [-0.2, -0.15) is 4.98 Å². The Hall–Kier alpha value is -2.90. The molecule has 0 unspecified atom stereocenters. The largest absolute Gasteiger partial charge is 0.491 e. The van der Waals surface area contributed by atoms with Crippen LogP contribution in [0.2, 0.25) is 0 Å². The summed E-state index contributed by atoms with van der Waals surface area (Å²) in [5.41, 5.74) is 6.14. The maximum absolute atomic E-state index is 11.2. The minimum absolute atomic E-state index is 0.00162. The highest BCUT2D eigenvalue weighted by atomic mass is 16.6. The molecule has 0 aliphatic carbocycles. The van der Waals surface area contributed by atoms with Gasteiger partial charge in [0.1, 0.15) is 11.9 Å². The zero-order valence-electron chi connectivity index (χ0n) is 11.1. The maximum Gasteiger partial charge on any atom is 0.330 e. The van der Waals surface area contributed by atoms with Gasteiger partial charge in [0.25, 0.3) is 0 Å². The molecule has 1 aliphatic heterocycles. The van der Waals surface area contributed by atoms with Crippen LogP contribution < -0.4 is 15.4 Å². The SMILES string of the molecule is Nc1ncc([N+](=O)[O-])c(N2CCCOc3ccccc32)n1. The number of hydrogen-bond donors (Lipinski definition) is 1. The average Bonchev–Trinajstić information content (AvgIpc) is 2.69. The Morgan fingerprint density at radius 1 is 1.38 bits per heavy atom. The van der Waals surface area contributed by atoms with Gasteiger partial charge in [-0.3, -0.25) is 10.1 Å². The van der Waals surface area contributed by atoms with Gasteiger partial charge in [0.2, 0.25) is 11.8 Å². The summed E-state index contributed by atoms with van der Waals surface area (Å²) in [6.45, 7) is 1.09. The van der Waals surface area contributed by atoms with Crippen molar-refractivity contribution in [3.05, 3.63) is 40.6 Å². The van der Waals surface area contributed by atoms with E-state index in [2.05, 4.69) is 9.97 Å². The fraction of sp³-hybridized carbons (Fsp3) is 0.231. The third-order valence-electron chi connectivity index (χ3n) is 3.16. The smallest absolute Gasteiger partial charge is 0.330 e. The summed E-state index contributed by atoms with van der Waals surface area (Å²) < 4.78 is 5.64. The van der Waals surface area contributed by atoms with Crippen LogP contribution in [0.3, 0.4) is 0 Å². The van der Waals surface area contributed by atoms with Gasteiger partial charge < -0.3 is 15.4 Å². The van der Waals surface area contributed by atoms with Crippen LogP contribution in [-0.4, -0.2) is 28.0 Å². The molecule has 0 fully saturated rings. The molecule has 0 saturated heterocycles. The minimum atomic E-state index is -0.511. The third-order valence-corrected chi connectivity index (χ3v) is 3.16. The molecule has 0 bridgehead atoms. The molecular weight excluding hydrogens is 274 g/mol. The topological polar surface area (TPSA) is 107 Å². The molecule has 2 aromatic rings. The van der Waals surface area contributed by atoms with E-state index in [0.717, 1.165) is 18.3 Å². The lowest BCUT2D eigenvalue weighted by molar-refractivity contribution is -0.384. The molecule has 1 aromatic carbocycles. The van der Waals surface area contributed by atoms with Crippen LogP contribution in [0.4, 0.5) is 23.1 Å². The summed E-state index contributed by atoms with van der Waals surface area (Å²) in [6.07, 6.45) is 1.85. The fourth-order valence-electron chi connectivity index (χ4n) is 2.25. The third kappa shape index (κ3) is 2.42. The number of nitrogens with zero attached hydrogens (tertiary/aromatic N) is 4. The van der Waals surface area contributed by atoms with Crippen LogP contribution in [0.15, 0.2) is 30.5 Å². The van der Waals surface area contributed by atoms with Crippen LogP contribution in [0.1, 0.15) is 6.42 Å². The Bertz CT molecular complexity index is 691. The second kappa shape index (κ2) is 5.23. The molecule has 8 nitrogen and oxygen atoms in total. The highest BCUT2D eigenvalue weighted by molar-refractivity contribution is 5.73. The van der Waals surface area contributed by atoms with Crippen LogP contribution in [-0.2, 0) is 0 Å². The lowest BCUT2D eigenvalue weighted by Gasteiger charge is -2.22. The molecule has 21 heavy (non-hydrogen) atoms.